The molecule has 0 unspecified atom stereocenters. The topological polar surface area (TPSA) is 62.2 Å². The number of carbonyl (C=O) groups is 1. The Morgan fingerprint density at radius 3 is 2.63 bits per heavy atom. The molecular formula is C18H10ClF3NO3S-. The van der Waals surface area contributed by atoms with Crippen LogP contribution in [0.5, 0.6) is 5.75 Å². The van der Waals surface area contributed by atoms with Gasteiger partial charge >= 0.3 is 0 Å². The minimum atomic E-state index is -1.56. The van der Waals surface area contributed by atoms with Crippen LogP contribution in [0.15, 0.2) is 35.7 Å². The molecule has 0 radical (unpaired) electrons. The molecule has 27 heavy (non-hydrogen) atoms. The Kier molecular flexibility index (Phi) is 5.67. The largest absolute Gasteiger partial charge is 0.543 e. The van der Waals surface area contributed by atoms with Crippen LogP contribution in [0, 0.1) is 17.5 Å². The summed E-state index contributed by atoms with van der Waals surface area (Å²) >= 11 is 7.12. The van der Waals surface area contributed by atoms with E-state index in [0.717, 1.165) is 23.5 Å². The molecule has 140 valence electrons. The summed E-state index contributed by atoms with van der Waals surface area (Å²) in [4.78, 5) is 14.8. The fourth-order valence-corrected chi connectivity index (χ4v) is 3.29. The highest BCUT2D eigenvalue weighted by Crippen LogP contribution is 2.28. The van der Waals surface area contributed by atoms with E-state index in [0.29, 0.717) is 21.3 Å². The molecule has 4 nitrogen and oxygen atoms in total. The lowest BCUT2D eigenvalue weighted by Gasteiger charge is -2.12. The molecule has 0 aliphatic rings. The molecule has 0 fully saturated rings. The molecule has 3 rings (SSSR count). The summed E-state index contributed by atoms with van der Waals surface area (Å²) in [5, 5.41) is 13.1. The van der Waals surface area contributed by atoms with Gasteiger partial charge in [0, 0.05) is 28.0 Å². The van der Waals surface area contributed by atoms with Crippen LogP contribution in [0.3, 0.4) is 0 Å². The van der Waals surface area contributed by atoms with E-state index in [4.69, 9.17) is 16.3 Å². The highest BCUT2D eigenvalue weighted by Gasteiger charge is 2.15. The third-order valence-corrected chi connectivity index (χ3v) is 4.71. The molecule has 3 aromatic rings. The number of rotatable bonds is 6. The number of hydrogen-bond acceptors (Lipinski definition) is 5. The van der Waals surface area contributed by atoms with Gasteiger partial charge in [-0.15, -0.1) is 11.3 Å². The monoisotopic (exact) mass is 412 g/mol. The standard InChI is InChI=1S/C18H11ClF3NO3S/c19-11-2-4-14(26-7-9-1-3-12(20)17(22)16(9)21)10(5-11)6-15-23-13(8-27-15)18(24)25/h1-5,8H,6-7H2,(H,24,25)/p-1. The van der Waals surface area contributed by atoms with Gasteiger partial charge in [0.1, 0.15) is 12.4 Å². The third-order valence-electron chi connectivity index (χ3n) is 3.62. The minimum absolute atomic E-state index is 0.150. The number of aromatic nitrogens is 1. The first-order valence-electron chi connectivity index (χ1n) is 7.54. The van der Waals surface area contributed by atoms with E-state index in [9.17, 15) is 23.1 Å². The van der Waals surface area contributed by atoms with Gasteiger partial charge < -0.3 is 14.6 Å². The van der Waals surface area contributed by atoms with Gasteiger partial charge in [-0.05, 0) is 30.3 Å². The zero-order chi connectivity index (χ0) is 19.6. The molecule has 1 heterocycles. The lowest BCUT2D eigenvalue weighted by molar-refractivity contribution is -0.255. The lowest BCUT2D eigenvalue weighted by atomic mass is 10.1. The van der Waals surface area contributed by atoms with Crippen molar-refractivity contribution in [3.05, 3.63) is 80.0 Å². The molecule has 2 aromatic carbocycles. The number of ether oxygens (including phenoxy) is 1. The number of thiazole rings is 1. The quantitative estimate of drug-likeness (QED) is 0.578. The number of aromatic carboxylic acids is 1. The second-order valence-electron chi connectivity index (χ2n) is 5.47. The predicted octanol–water partition coefficient (Wildman–Crippen LogP) is 3.75. The fraction of sp³-hybridized carbons (Fsp3) is 0.111. The minimum Gasteiger partial charge on any atom is -0.543 e. The highest BCUT2D eigenvalue weighted by molar-refractivity contribution is 7.09. The molecule has 0 N–H and O–H groups in total. The number of halogens is 4. The van der Waals surface area contributed by atoms with Crippen LogP contribution in [0.2, 0.25) is 5.02 Å². The normalized spacial score (nSPS) is 10.8. The maximum absolute atomic E-state index is 13.8. The van der Waals surface area contributed by atoms with Crippen molar-refractivity contribution in [2.75, 3.05) is 0 Å². The summed E-state index contributed by atoms with van der Waals surface area (Å²) in [6, 6.07) is 6.60. The number of carbonyl (C=O) groups excluding carboxylic acids is 1. The third kappa shape index (κ3) is 4.40. The van der Waals surface area contributed by atoms with E-state index in [2.05, 4.69) is 4.98 Å². The van der Waals surface area contributed by atoms with Crippen molar-refractivity contribution < 1.29 is 27.8 Å². The van der Waals surface area contributed by atoms with Crippen molar-refractivity contribution in [1.29, 1.82) is 0 Å². The Morgan fingerprint density at radius 1 is 1.15 bits per heavy atom. The second kappa shape index (κ2) is 7.98. The maximum Gasteiger partial charge on any atom is 0.194 e. The summed E-state index contributed by atoms with van der Waals surface area (Å²) in [5.41, 5.74) is 0.247. The van der Waals surface area contributed by atoms with E-state index >= 15 is 0 Å². The number of benzene rings is 2. The molecule has 9 heteroatoms. The van der Waals surface area contributed by atoms with Crippen molar-refractivity contribution in [2.45, 2.75) is 13.0 Å². The molecule has 0 aliphatic carbocycles. The van der Waals surface area contributed by atoms with Gasteiger partial charge in [-0.2, -0.15) is 0 Å². The van der Waals surface area contributed by atoms with Crippen molar-refractivity contribution in [3.8, 4) is 5.75 Å². The van der Waals surface area contributed by atoms with E-state index in [-0.39, 0.29) is 24.3 Å². The smallest absolute Gasteiger partial charge is 0.194 e. The van der Waals surface area contributed by atoms with Crippen LogP contribution in [0.4, 0.5) is 13.2 Å². The van der Waals surface area contributed by atoms with Gasteiger partial charge in [-0.25, -0.2) is 18.2 Å². The summed E-state index contributed by atoms with van der Waals surface area (Å²) in [6.07, 6.45) is 0.216. The Labute approximate surface area is 160 Å². The number of nitrogens with zero attached hydrogens (tertiary/aromatic N) is 1. The molecule has 0 spiro atoms. The van der Waals surface area contributed by atoms with Gasteiger partial charge in [0.15, 0.2) is 17.5 Å². The van der Waals surface area contributed by atoms with E-state index in [1.807, 2.05) is 0 Å². The van der Waals surface area contributed by atoms with Crippen molar-refractivity contribution in [3.63, 3.8) is 0 Å². The van der Waals surface area contributed by atoms with E-state index < -0.39 is 23.4 Å². The maximum atomic E-state index is 13.8. The summed E-state index contributed by atoms with van der Waals surface area (Å²) < 4.78 is 45.6. The van der Waals surface area contributed by atoms with Crippen molar-refractivity contribution in [1.82, 2.24) is 4.98 Å². The summed E-state index contributed by atoms with van der Waals surface area (Å²) in [7, 11) is 0. The predicted molar refractivity (Wildman–Crippen MR) is 91.4 cm³/mol. The second-order valence-corrected chi connectivity index (χ2v) is 6.85. The molecule has 0 amide bonds. The van der Waals surface area contributed by atoms with Crippen LogP contribution >= 0.6 is 22.9 Å². The first kappa shape index (κ1) is 19.2. The van der Waals surface area contributed by atoms with Gasteiger partial charge in [0.05, 0.1) is 16.7 Å². The molecular weight excluding hydrogens is 403 g/mol. The lowest BCUT2D eigenvalue weighted by Crippen LogP contribution is -2.22. The Hall–Kier alpha value is -2.58. The summed E-state index contributed by atoms with van der Waals surface area (Å²) in [5.74, 6) is -5.22. The Morgan fingerprint density at radius 2 is 1.93 bits per heavy atom. The van der Waals surface area contributed by atoms with Crippen molar-refractivity contribution in [2.24, 2.45) is 0 Å². The van der Waals surface area contributed by atoms with Crippen LogP contribution in [-0.4, -0.2) is 11.0 Å². The average Bonchev–Trinajstić information content (AvgIpc) is 3.09. The highest BCUT2D eigenvalue weighted by atomic mass is 35.5. The molecule has 0 bridgehead atoms. The molecule has 0 aliphatic heterocycles. The van der Waals surface area contributed by atoms with Crippen LogP contribution in [0.25, 0.3) is 0 Å². The molecule has 0 saturated heterocycles. The van der Waals surface area contributed by atoms with Gasteiger partial charge in [0.2, 0.25) is 0 Å². The first-order chi connectivity index (χ1) is 12.8. The summed E-state index contributed by atoms with van der Waals surface area (Å²) in [6.45, 7) is -0.334. The van der Waals surface area contributed by atoms with Gasteiger partial charge in [-0.1, -0.05) is 11.6 Å². The molecule has 1 aromatic heterocycles. The van der Waals surface area contributed by atoms with E-state index in [1.54, 1.807) is 18.2 Å². The molecule has 0 atom stereocenters. The number of hydrogen-bond donors (Lipinski definition) is 0. The number of carboxylic acids is 1. The first-order valence-corrected chi connectivity index (χ1v) is 8.80. The van der Waals surface area contributed by atoms with Gasteiger partial charge in [0.25, 0.3) is 0 Å². The van der Waals surface area contributed by atoms with Crippen molar-refractivity contribution >= 4 is 28.9 Å². The van der Waals surface area contributed by atoms with E-state index in [1.165, 1.54) is 5.38 Å². The number of carboxylic acid groups (broad SMARTS) is 1. The van der Waals surface area contributed by atoms with Gasteiger partial charge in [-0.3, -0.25) is 0 Å². The zero-order valence-electron chi connectivity index (χ0n) is 13.5. The fourth-order valence-electron chi connectivity index (χ4n) is 2.31. The SMILES string of the molecule is O=C([O-])c1csc(Cc2cc(Cl)ccc2OCc2ccc(F)c(F)c2F)n1. The molecule has 0 saturated carbocycles. The van der Waals surface area contributed by atoms with Crippen LogP contribution in [-0.2, 0) is 13.0 Å². The van der Waals surface area contributed by atoms with Crippen LogP contribution in [0.1, 0.15) is 26.6 Å². The van der Waals surface area contributed by atoms with Crippen LogP contribution < -0.4 is 9.84 Å². The Balaban J connectivity index is 1.81. The average molecular weight is 413 g/mol. The zero-order valence-corrected chi connectivity index (χ0v) is 15.0. The Bertz CT molecular complexity index is 1010.